The molecule has 100 valence electrons. The van der Waals surface area contributed by atoms with Gasteiger partial charge in [0.15, 0.2) is 0 Å². The van der Waals surface area contributed by atoms with Crippen LogP contribution in [0, 0.1) is 0 Å². The first kappa shape index (κ1) is 14.1. The Labute approximate surface area is 122 Å². The molecule has 0 fully saturated rings. The molecule has 0 aliphatic carbocycles. The molecule has 0 aliphatic rings. The second kappa shape index (κ2) is 7.31. The molecule has 0 unspecified atom stereocenters. The van der Waals surface area contributed by atoms with Crippen molar-refractivity contribution in [3.05, 3.63) is 53.6 Å². The Hall–Kier alpha value is -1.32. The molecule has 0 saturated carbocycles. The van der Waals surface area contributed by atoms with Crippen molar-refractivity contribution >= 4 is 29.1 Å². The fourth-order valence-corrected chi connectivity index (χ4v) is 2.74. The third-order valence-corrected chi connectivity index (χ3v) is 3.85. The van der Waals surface area contributed by atoms with E-state index in [0.717, 1.165) is 22.9 Å². The van der Waals surface area contributed by atoms with E-state index in [0.29, 0.717) is 12.3 Å². The number of hydrogen-bond donors (Lipinski definition) is 1. The zero-order valence-electron chi connectivity index (χ0n) is 10.5. The Morgan fingerprint density at radius 2 is 1.95 bits per heavy atom. The molecular weight excluding hydrogens is 278 g/mol. The molecule has 0 bridgehead atoms. The first-order valence-electron chi connectivity index (χ1n) is 6.11. The lowest BCUT2D eigenvalue weighted by molar-refractivity contribution is 0.320. The van der Waals surface area contributed by atoms with Crippen molar-refractivity contribution in [1.29, 1.82) is 0 Å². The van der Waals surface area contributed by atoms with Crippen molar-refractivity contribution < 1.29 is 4.74 Å². The monoisotopic (exact) mass is 293 g/mol. The standard InChI is InChI=1S/C15H16ClNOS/c16-12-5-3-6-13(11-12)19-10-4-9-18-15-8-2-1-7-14(15)17/h1-3,5-8,11H,4,9-10,17H2. The van der Waals surface area contributed by atoms with Crippen molar-refractivity contribution in [1.82, 2.24) is 0 Å². The zero-order chi connectivity index (χ0) is 13.5. The molecule has 2 rings (SSSR count). The van der Waals surface area contributed by atoms with Crippen LogP contribution in [0.25, 0.3) is 0 Å². The first-order valence-corrected chi connectivity index (χ1v) is 7.48. The van der Waals surface area contributed by atoms with Crippen molar-refractivity contribution in [3.8, 4) is 5.75 Å². The van der Waals surface area contributed by atoms with Gasteiger partial charge in [-0.2, -0.15) is 0 Å². The Morgan fingerprint density at radius 3 is 2.74 bits per heavy atom. The van der Waals surface area contributed by atoms with Crippen molar-refractivity contribution in [2.75, 3.05) is 18.1 Å². The van der Waals surface area contributed by atoms with Crippen molar-refractivity contribution in [3.63, 3.8) is 0 Å². The summed E-state index contributed by atoms with van der Waals surface area (Å²) >= 11 is 7.71. The summed E-state index contributed by atoms with van der Waals surface area (Å²) in [4.78, 5) is 1.19. The van der Waals surface area contributed by atoms with Gasteiger partial charge in [0.05, 0.1) is 12.3 Å². The number of anilines is 1. The van der Waals surface area contributed by atoms with Gasteiger partial charge in [0.25, 0.3) is 0 Å². The third-order valence-electron chi connectivity index (χ3n) is 2.53. The molecule has 0 radical (unpaired) electrons. The smallest absolute Gasteiger partial charge is 0.142 e. The molecule has 19 heavy (non-hydrogen) atoms. The van der Waals surface area contributed by atoms with Gasteiger partial charge in [0, 0.05) is 15.7 Å². The van der Waals surface area contributed by atoms with Crippen molar-refractivity contribution in [2.45, 2.75) is 11.3 Å². The molecule has 0 atom stereocenters. The minimum Gasteiger partial charge on any atom is -0.491 e. The molecule has 0 saturated heterocycles. The molecule has 0 aromatic heterocycles. The fourth-order valence-electron chi connectivity index (χ4n) is 1.60. The van der Waals surface area contributed by atoms with Crippen LogP contribution < -0.4 is 10.5 Å². The van der Waals surface area contributed by atoms with Crippen molar-refractivity contribution in [2.24, 2.45) is 0 Å². The Kier molecular flexibility index (Phi) is 5.43. The molecule has 2 aromatic carbocycles. The fraction of sp³-hybridized carbons (Fsp3) is 0.200. The molecule has 0 heterocycles. The van der Waals surface area contributed by atoms with Gasteiger partial charge >= 0.3 is 0 Å². The van der Waals surface area contributed by atoms with Gasteiger partial charge in [-0.05, 0) is 36.8 Å². The number of hydrogen-bond acceptors (Lipinski definition) is 3. The van der Waals surface area contributed by atoms with E-state index >= 15 is 0 Å². The molecule has 0 aliphatic heterocycles. The van der Waals surface area contributed by atoms with Crippen LogP contribution in [0.5, 0.6) is 5.75 Å². The number of nitrogens with two attached hydrogens (primary N) is 1. The summed E-state index contributed by atoms with van der Waals surface area (Å²) in [5, 5.41) is 0.776. The molecule has 4 heteroatoms. The average molecular weight is 294 g/mol. The largest absolute Gasteiger partial charge is 0.491 e. The van der Waals surface area contributed by atoms with Gasteiger partial charge in [-0.15, -0.1) is 11.8 Å². The average Bonchev–Trinajstić information content (AvgIpc) is 2.40. The maximum absolute atomic E-state index is 5.93. The van der Waals surface area contributed by atoms with Gasteiger partial charge in [-0.25, -0.2) is 0 Å². The lowest BCUT2D eigenvalue weighted by atomic mass is 10.3. The van der Waals surface area contributed by atoms with E-state index in [2.05, 4.69) is 6.07 Å². The van der Waals surface area contributed by atoms with E-state index in [1.54, 1.807) is 11.8 Å². The highest BCUT2D eigenvalue weighted by Gasteiger charge is 1.99. The lowest BCUT2D eigenvalue weighted by Gasteiger charge is -2.08. The zero-order valence-corrected chi connectivity index (χ0v) is 12.1. The molecule has 0 amide bonds. The number of para-hydroxylation sites is 2. The maximum Gasteiger partial charge on any atom is 0.142 e. The van der Waals surface area contributed by atoms with Gasteiger partial charge in [-0.3, -0.25) is 0 Å². The van der Waals surface area contributed by atoms with E-state index in [9.17, 15) is 0 Å². The summed E-state index contributed by atoms with van der Waals surface area (Å²) in [7, 11) is 0. The number of thioether (sulfide) groups is 1. The summed E-state index contributed by atoms with van der Waals surface area (Å²) in [5.41, 5.74) is 6.48. The second-order valence-electron chi connectivity index (χ2n) is 4.05. The van der Waals surface area contributed by atoms with Gasteiger partial charge in [0.1, 0.15) is 5.75 Å². The van der Waals surface area contributed by atoms with E-state index in [1.165, 1.54) is 4.90 Å². The maximum atomic E-state index is 5.93. The SMILES string of the molecule is Nc1ccccc1OCCCSc1cccc(Cl)c1. The molecule has 2 N–H and O–H groups in total. The van der Waals surface area contributed by atoms with E-state index < -0.39 is 0 Å². The van der Waals surface area contributed by atoms with Crippen LogP contribution in [0.4, 0.5) is 5.69 Å². The number of nitrogen functional groups attached to an aromatic ring is 1. The normalized spacial score (nSPS) is 10.4. The predicted octanol–water partition coefficient (Wildman–Crippen LogP) is 4.48. The van der Waals surface area contributed by atoms with E-state index in [1.807, 2.05) is 42.5 Å². The molecule has 0 spiro atoms. The predicted molar refractivity (Wildman–Crippen MR) is 83.1 cm³/mol. The summed E-state index contributed by atoms with van der Waals surface area (Å²) in [6, 6.07) is 15.4. The number of benzene rings is 2. The van der Waals surface area contributed by atoms with Crippen LogP contribution in [0.2, 0.25) is 5.02 Å². The minimum absolute atomic E-state index is 0.668. The Bertz CT molecular complexity index is 533. The van der Waals surface area contributed by atoms with Crippen LogP contribution in [0.1, 0.15) is 6.42 Å². The summed E-state index contributed by atoms with van der Waals surface area (Å²) in [6.07, 6.45) is 0.964. The van der Waals surface area contributed by atoms with Crippen LogP contribution in [0.15, 0.2) is 53.4 Å². The van der Waals surface area contributed by atoms with Crippen LogP contribution in [-0.2, 0) is 0 Å². The molecule has 2 nitrogen and oxygen atoms in total. The summed E-state index contributed by atoms with van der Waals surface area (Å²) < 4.78 is 5.63. The van der Waals surface area contributed by atoms with Gasteiger partial charge in [-0.1, -0.05) is 29.8 Å². The highest BCUT2D eigenvalue weighted by Crippen LogP contribution is 2.23. The highest BCUT2D eigenvalue weighted by molar-refractivity contribution is 7.99. The molecular formula is C15H16ClNOS. The van der Waals surface area contributed by atoms with E-state index in [4.69, 9.17) is 22.1 Å². The quantitative estimate of drug-likeness (QED) is 0.484. The van der Waals surface area contributed by atoms with Crippen LogP contribution in [0.3, 0.4) is 0 Å². The second-order valence-corrected chi connectivity index (χ2v) is 5.65. The van der Waals surface area contributed by atoms with Crippen LogP contribution in [-0.4, -0.2) is 12.4 Å². The van der Waals surface area contributed by atoms with Gasteiger partial charge < -0.3 is 10.5 Å². The first-order chi connectivity index (χ1) is 9.25. The minimum atomic E-state index is 0.668. The summed E-state index contributed by atoms with van der Waals surface area (Å²) in [5.74, 6) is 1.75. The Balaban J connectivity index is 1.69. The topological polar surface area (TPSA) is 35.2 Å². The molecule has 2 aromatic rings. The third kappa shape index (κ3) is 4.69. The number of halogens is 1. The van der Waals surface area contributed by atoms with Crippen LogP contribution >= 0.6 is 23.4 Å². The summed E-state index contributed by atoms with van der Waals surface area (Å²) in [6.45, 7) is 0.668. The number of ether oxygens (including phenoxy) is 1. The lowest BCUT2D eigenvalue weighted by Crippen LogP contribution is -2.01. The highest BCUT2D eigenvalue weighted by atomic mass is 35.5. The number of rotatable bonds is 6. The van der Waals surface area contributed by atoms with E-state index in [-0.39, 0.29) is 0 Å². The van der Waals surface area contributed by atoms with Gasteiger partial charge in [0.2, 0.25) is 0 Å². The Morgan fingerprint density at radius 1 is 1.11 bits per heavy atom.